The van der Waals surface area contributed by atoms with Crippen molar-refractivity contribution in [2.75, 3.05) is 4.90 Å². The van der Waals surface area contributed by atoms with Gasteiger partial charge in [-0.2, -0.15) is 0 Å². The number of aromatic nitrogens is 3. The largest absolute Gasteiger partial charge is 0.456 e. The first-order valence-corrected chi connectivity index (χ1v) is 19.4. The summed E-state index contributed by atoms with van der Waals surface area (Å²) in [5, 5.41) is 6.56. The molecule has 9 aromatic carbocycles. The molecule has 0 radical (unpaired) electrons. The number of benzene rings is 9. The van der Waals surface area contributed by atoms with Crippen LogP contribution in [-0.2, 0) is 0 Å². The average molecular weight is 743 g/mol. The highest BCUT2D eigenvalue weighted by Gasteiger charge is 2.22. The van der Waals surface area contributed by atoms with Crippen LogP contribution >= 0.6 is 0 Å². The fourth-order valence-electron chi connectivity index (χ4n) is 8.02. The molecule has 0 saturated carbocycles. The first-order valence-electron chi connectivity index (χ1n) is 19.4. The van der Waals surface area contributed by atoms with Gasteiger partial charge in [0.2, 0.25) is 0 Å². The number of nitrogens with zero attached hydrogens (tertiary/aromatic N) is 4. The quantitative estimate of drug-likeness (QED) is 0.163. The van der Waals surface area contributed by atoms with Crippen molar-refractivity contribution in [3.63, 3.8) is 0 Å². The van der Waals surface area contributed by atoms with Crippen LogP contribution < -0.4 is 4.90 Å². The SMILES string of the molecule is c1ccc(-c2ccc3cc(N(c4ccccc4)c4cc(-c5nc(-c6ccccc6)nc(-c6ccc7ccccc7c6)n5)c5c(c4)oc4ccccc45)ccc3c2)cc1. The predicted octanol–water partition coefficient (Wildman–Crippen LogP) is 14.2. The zero-order valence-corrected chi connectivity index (χ0v) is 31.3. The van der Waals surface area contributed by atoms with Gasteiger partial charge in [0.25, 0.3) is 0 Å². The lowest BCUT2D eigenvalue weighted by Gasteiger charge is -2.26. The van der Waals surface area contributed by atoms with Crippen LogP contribution in [-0.4, -0.2) is 15.0 Å². The van der Waals surface area contributed by atoms with Gasteiger partial charge in [0.15, 0.2) is 17.5 Å². The first-order chi connectivity index (χ1) is 28.7. The molecule has 0 amide bonds. The summed E-state index contributed by atoms with van der Waals surface area (Å²) < 4.78 is 6.68. The zero-order valence-electron chi connectivity index (χ0n) is 31.3. The summed E-state index contributed by atoms with van der Waals surface area (Å²) in [4.78, 5) is 17.9. The molecular weight excluding hydrogens is 709 g/mol. The summed E-state index contributed by atoms with van der Waals surface area (Å²) in [6.07, 6.45) is 0. The molecule has 5 nitrogen and oxygen atoms in total. The molecule has 2 aromatic heterocycles. The van der Waals surface area contributed by atoms with E-state index in [1.807, 2.05) is 54.6 Å². The average Bonchev–Trinajstić information content (AvgIpc) is 3.68. The van der Waals surface area contributed by atoms with E-state index >= 15 is 0 Å². The third kappa shape index (κ3) is 6.03. The number of anilines is 3. The van der Waals surface area contributed by atoms with E-state index in [1.54, 1.807) is 0 Å². The number of para-hydroxylation sites is 2. The van der Waals surface area contributed by atoms with Crippen LogP contribution in [0.3, 0.4) is 0 Å². The molecule has 0 aliphatic carbocycles. The van der Waals surface area contributed by atoms with Crippen molar-refractivity contribution in [3.05, 3.63) is 206 Å². The fraction of sp³-hybridized carbons (Fsp3) is 0. The smallest absolute Gasteiger partial charge is 0.164 e. The lowest BCUT2D eigenvalue weighted by molar-refractivity contribution is 0.669. The van der Waals surface area contributed by atoms with Gasteiger partial charge in [-0.1, -0.05) is 152 Å². The second-order valence-corrected chi connectivity index (χ2v) is 14.5. The van der Waals surface area contributed by atoms with Gasteiger partial charge in [-0.25, -0.2) is 15.0 Å². The summed E-state index contributed by atoms with van der Waals surface area (Å²) in [5.41, 5.74) is 9.57. The van der Waals surface area contributed by atoms with Crippen molar-refractivity contribution in [2.45, 2.75) is 0 Å². The zero-order chi connectivity index (χ0) is 38.4. The number of hydrogen-bond acceptors (Lipinski definition) is 5. The molecular formula is C53H34N4O. The van der Waals surface area contributed by atoms with E-state index in [0.29, 0.717) is 17.5 Å². The topological polar surface area (TPSA) is 55.1 Å². The molecule has 11 rings (SSSR count). The molecule has 0 unspecified atom stereocenters. The fourth-order valence-corrected chi connectivity index (χ4v) is 8.02. The number of hydrogen-bond donors (Lipinski definition) is 0. The lowest BCUT2D eigenvalue weighted by Crippen LogP contribution is -2.10. The molecule has 11 aromatic rings. The van der Waals surface area contributed by atoms with E-state index in [1.165, 1.54) is 16.5 Å². The van der Waals surface area contributed by atoms with Crippen LogP contribution in [0.2, 0.25) is 0 Å². The Morgan fingerprint density at radius 1 is 0.328 bits per heavy atom. The highest BCUT2D eigenvalue weighted by atomic mass is 16.3. The monoisotopic (exact) mass is 742 g/mol. The third-order valence-electron chi connectivity index (χ3n) is 10.8. The molecule has 58 heavy (non-hydrogen) atoms. The minimum absolute atomic E-state index is 0.565. The van der Waals surface area contributed by atoms with E-state index in [4.69, 9.17) is 19.4 Å². The van der Waals surface area contributed by atoms with Gasteiger partial charge in [0, 0.05) is 44.9 Å². The van der Waals surface area contributed by atoms with Gasteiger partial charge in [-0.05, 0) is 81.2 Å². The predicted molar refractivity (Wildman–Crippen MR) is 239 cm³/mol. The Morgan fingerprint density at radius 3 is 1.71 bits per heavy atom. The van der Waals surface area contributed by atoms with E-state index in [0.717, 1.165) is 71.8 Å². The van der Waals surface area contributed by atoms with Gasteiger partial charge < -0.3 is 9.32 Å². The molecule has 0 aliphatic heterocycles. The van der Waals surface area contributed by atoms with Crippen molar-refractivity contribution in [3.8, 4) is 45.3 Å². The van der Waals surface area contributed by atoms with Crippen molar-refractivity contribution < 1.29 is 4.42 Å². The van der Waals surface area contributed by atoms with Crippen LogP contribution in [0.25, 0.3) is 88.8 Å². The minimum atomic E-state index is 0.565. The Morgan fingerprint density at radius 2 is 0.897 bits per heavy atom. The maximum Gasteiger partial charge on any atom is 0.164 e. The van der Waals surface area contributed by atoms with E-state index < -0.39 is 0 Å². The summed E-state index contributed by atoms with van der Waals surface area (Å²) in [5.74, 6) is 1.77. The van der Waals surface area contributed by atoms with Crippen LogP contribution in [0.15, 0.2) is 211 Å². The first kappa shape index (κ1) is 33.4. The molecule has 0 aliphatic rings. The molecule has 0 spiro atoms. The molecule has 2 heterocycles. The standard InChI is InChI=1S/C53H34N4O/c1-4-14-35(15-5-1)39-25-26-41-32-44(29-28-40(41)30-39)57(43-20-8-3-9-21-43)45-33-47(50-46-22-12-13-23-48(46)58-49(50)34-45)53-55-51(37-17-6-2-7-18-37)54-52(56-53)42-27-24-36-16-10-11-19-38(36)31-42/h1-34H. The summed E-state index contributed by atoms with van der Waals surface area (Å²) >= 11 is 0. The molecule has 0 saturated heterocycles. The van der Waals surface area contributed by atoms with Crippen LogP contribution in [0.1, 0.15) is 0 Å². The van der Waals surface area contributed by atoms with Gasteiger partial charge in [0.05, 0.1) is 5.69 Å². The molecule has 0 bridgehead atoms. The highest BCUT2D eigenvalue weighted by molar-refractivity contribution is 6.13. The van der Waals surface area contributed by atoms with E-state index in [2.05, 4.69) is 157 Å². The van der Waals surface area contributed by atoms with E-state index in [9.17, 15) is 0 Å². The maximum atomic E-state index is 6.68. The van der Waals surface area contributed by atoms with Crippen LogP contribution in [0.5, 0.6) is 0 Å². The van der Waals surface area contributed by atoms with Gasteiger partial charge >= 0.3 is 0 Å². The summed E-state index contributed by atoms with van der Waals surface area (Å²) in [7, 11) is 0. The second-order valence-electron chi connectivity index (χ2n) is 14.5. The normalized spacial score (nSPS) is 11.4. The number of fused-ring (bicyclic) bond motifs is 5. The Kier molecular flexibility index (Phi) is 8.07. The highest BCUT2D eigenvalue weighted by Crippen LogP contribution is 2.44. The summed E-state index contributed by atoms with van der Waals surface area (Å²) in [6.45, 7) is 0. The van der Waals surface area contributed by atoms with Gasteiger partial charge in [-0.3, -0.25) is 0 Å². The van der Waals surface area contributed by atoms with Crippen molar-refractivity contribution >= 4 is 60.5 Å². The number of furan rings is 1. The van der Waals surface area contributed by atoms with E-state index in [-0.39, 0.29) is 0 Å². The van der Waals surface area contributed by atoms with Crippen LogP contribution in [0.4, 0.5) is 17.1 Å². The number of rotatable bonds is 7. The molecule has 0 N–H and O–H groups in total. The maximum absolute atomic E-state index is 6.68. The Labute approximate surface area is 335 Å². The van der Waals surface area contributed by atoms with Gasteiger partial charge in [-0.15, -0.1) is 0 Å². The van der Waals surface area contributed by atoms with Crippen LogP contribution in [0, 0.1) is 0 Å². The molecule has 0 atom stereocenters. The Hall–Kier alpha value is -7.89. The molecule has 272 valence electrons. The Bertz CT molecular complexity index is 3290. The van der Waals surface area contributed by atoms with Gasteiger partial charge in [0.1, 0.15) is 11.2 Å². The van der Waals surface area contributed by atoms with Crippen molar-refractivity contribution in [1.82, 2.24) is 15.0 Å². The summed E-state index contributed by atoms with van der Waals surface area (Å²) in [6, 6.07) is 71.7. The van der Waals surface area contributed by atoms with Crippen molar-refractivity contribution in [1.29, 1.82) is 0 Å². The minimum Gasteiger partial charge on any atom is -0.456 e. The lowest BCUT2D eigenvalue weighted by atomic mass is 10.00. The molecule has 5 heteroatoms. The molecule has 0 fully saturated rings. The van der Waals surface area contributed by atoms with Crippen molar-refractivity contribution in [2.24, 2.45) is 0 Å². The third-order valence-corrected chi connectivity index (χ3v) is 10.8. The Balaban J connectivity index is 1.14. The second kappa shape index (κ2) is 14.0.